The number of fused-ring (bicyclic) bond motifs is 3. The van der Waals surface area contributed by atoms with Gasteiger partial charge in [-0.15, -0.1) is 10.2 Å². The normalized spacial score (nSPS) is 15.4. The fourth-order valence-corrected chi connectivity index (χ4v) is 4.24. The van der Waals surface area contributed by atoms with E-state index >= 15 is 0 Å². The summed E-state index contributed by atoms with van der Waals surface area (Å²) < 4.78 is 45.6. The minimum absolute atomic E-state index is 0.166. The fourth-order valence-electron chi connectivity index (χ4n) is 3.51. The second-order valence-electron chi connectivity index (χ2n) is 8.18. The zero-order chi connectivity index (χ0) is 24.5. The number of anilines is 1. The lowest BCUT2D eigenvalue weighted by atomic mass is 10.1. The number of halogens is 3. The van der Waals surface area contributed by atoms with Gasteiger partial charge < -0.3 is 4.74 Å². The summed E-state index contributed by atoms with van der Waals surface area (Å²) in [4.78, 5) is 19.1. The number of carbonyl (C=O) groups is 1. The number of hydrogen-bond acceptors (Lipinski definition) is 6. The van der Waals surface area contributed by atoms with E-state index in [-0.39, 0.29) is 18.2 Å². The molecule has 0 aliphatic carbocycles. The van der Waals surface area contributed by atoms with Gasteiger partial charge in [0.15, 0.2) is 5.69 Å². The van der Waals surface area contributed by atoms with E-state index < -0.39 is 18.0 Å². The molecule has 1 aliphatic heterocycles. The van der Waals surface area contributed by atoms with Crippen molar-refractivity contribution in [2.45, 2.75) is 44.8 Å². The number of para-hydroxylation sites is 1. The predicted molar refractivity (Wildman–Crippen MR) is 123 cm³/mol. The van der Waals surface area contributed by atoms with Gasteiger partial charge in [-0.1, -0.05) is 62.9 Å². The summed E-state index contributed by atoms with van der Waals surface area (Å²) in [5.41, 5.74) is 1.10. The molecule has 0 spiro atoms. The Morgan fingerprint density at radius 3 is 2.47 bits per heavy atom. The average molecular weight is 489 g/mol. The average Bonchev–Trinajstić information content (AvgIpc) is 2.96. The van der Waals surface area contributed by atoms with Crippen LogP contribution in [0.4, 0.5) is 18.9 Å². The van der Waals surface area contributed by atoms with Gasteiger partial charge in [0.05, 0.1) is 11.3 Å². The van der Waals surface area contributed by atoms with Crippen molar-refractivity contribution < 1.29 is 22.7 Å². The van der Waals surface area contributed by atoms with Gasteiger partial charge in [-0.3, -0.25) is 9.69 Å². The topological polar surface area (TPSA) is 68.2 Å². The molecule has 10 heteroatoms. The highest BCUT2D eigenvalue weighted by molar-refractivity contribution is 7.99. The maximum absolute atomic E-state index is 13.1. The van der Waals surface area contributed by atoms with Crippen molar-refractivity contribution >= 4 is 23.4 Å². The van der Waals surface area contributed by atoms with Crippen molar-refractivity contribution in [3.8, 4) is 17.1 Å². The zero-order valence-electron chi connectivity index (χ0n) is 18.8. The lowest BCUT2D eigenvalue weighted by Crippen LogP contribution is -2.37. The molecular weight excluding hydrogens is 465 g/mol. The smallest absolute Gasteiger partial charge is 0.416 e. The Morgan fingerprint density at radius 2 is 1.82 bits per heavy atom. The van der Waals surface area contributed by atoms with Gasteiger partial charge in [0, 0.05) is 23.3 Å². The van der Waals surface area contributed by atoms with Crippen molar-refractivity contribution in [1.29, 1.82) is 0 Å². The predicted octanol–water partition coefficient (Wildman–Crippen LogP) is 6.14. The molecule has 0 radical (unpaired) electrons. The van der Waals surface area contributed by atoms with Gasteiger partial charge in [0.2, 0.25) is 23.2 Å². The fraction of sp³-hybridized carbons (Fsp3) is 0.333. The number of aromatic nitrogens is 3. The van der Waals surface area contributed by atoms with Gasteiger partial charge >= 0.3 is 6.18 Å². The third-order valence-corrected chi connectivity index (χ3v) is 6.42. The molecule has 0 fully saturated rings. The first kappa shape index (κ1) is 24.0. The van der Waals surface area contributed by atoms with Crippen molar-refractivity contribution in [3.05, 3.63) is 59.7 Å². The van der Waals surface area contributed by atoms with Crippen molar-refractivity contribution in [1.82, 2.24) is 15.2 Å². The molecule has 178 valence electrons. The van der Waals surface area contributed by atoms with Crippen molar-refractivity contribution in [2.24, 2.45) is 5.92 Å². The van der Waals surface area contributed by atoms with Crippen LogP contribution in [0.5, 0.6) is 5.88 Å². The molecule has 1 aromatic heterocycles. The standard InChI is InChI=1S/C24H23F3N4O2S/c1-4-19(32)31-18-8-6-5-7-17(18)20-21(28-23(30-29-20)34-13-14(2)3)33-22(31)15-9-11-16(12-10-15)24(25,26)27/h5-12,14,22H,4,13H2,1-3H3/t22-/m1/s1. The van der Waals surface area contributed by atoms with E-state index in [1.807, 2.05) is 0 Å². The summed E-state index contributed by atoms with van der Waals surface area (Å²) in [6.45, 7) is 5.86. The highest BCUT2D eigenvalue weighted by Crippen LogP contribution is 2.44. The second-order valence-corrected chi connectivity index (χ2v) is 9.16. The van der Waals surface area contributed by atoms with E-state index in [4.69, 9.17) is 4.74 Å². The van der Waals surface area contributed by atoms with Gasteiger partial charge in [0.1, 0.15) is 0 Å². The quantitative estimate of drug-likeness (QED) is 0.402. The maximum Gasteiger partial charge on any atom is 0.416 e. The molecule has 0 saturated heterocycles. The number of benzene rings is 2. The third kappa shape index (κ3) is 4.86. The van der Waals surface area contributed by atoms with E-state index in [1.54, 1.807) is 31.2 Å². The molecule has 4 rings (SSSR count). The first-order valence-electron chi connectivity index (χ1n) is 10.8. The number of ether oxygens (including phenoxy) is 1. The van der Waals surface area contributed by atoms with Crippen LogP contribution in [0.15, 0.2) is 53.7 Å². The lowest BCUT2D eigenvalue weighted by Gasteiger charge is -2.30. The SMILES string of the molecule is CCC(=O)N1c2ccccc2-c2nnc(SCC(C)C)nc2O[C@@H]1c1ccc(C(F)(F)F)cc1. The minimum Gasteiger partial charge on any atom is -0.447 e. The van der Waals surface area contributed by atoms with Gasteiger partial charge in [-0.2, -0.15) is 18.2 Å². The third-order valence-electron chi connectivity index (χ3n) is 5.15. The monoisotopic (exact) mass is 488 g/mol. The molecule has 1 atom stereocenters. The molecule has 2 aromatic carbocycles. The van der Waals surface area contributed by atoms with Crippen molar-refractivity contribution in [3.63, 3.8) is 0 Å². The Hall–Kier alpha value is -3.14. The molecule has 6 nitrogen and oxygen atoms in total. The highest BCUT2D eigenvalue weighted by atomic mass is 32.2. The second kappa shape index (κ2) is 9.61. The minimum atomic E-state index is -4.47. The number of amides is 1. The molecule has 3 aromatic rings. The Balaban J connectivity index is 1.85. The molecule has 34 heavy (non-hydrogen) atoms. The van der Waals surface area contributed by atoms with Crippen LogP contribution in [0, 0.1) is 5.92 Å². The molecule has 0 unspecified atom stereocenters. The summed E-state index contributed by atoms with van der Waals surface area (Å²) in [5.74, 6) is 1.10. The van der Waals surface area contributed by atoms with Crippen molar-refractivity contribution in [2.75, 3.05) is 10.7 Å². The largest absolute Gasteiger partial charge is 0.447 e. The molecule has 0 N–H and O–H groups in total. The molecule has 0 bridgehead atoms. The van der Waals surface area contributed by atoms with E-state index in [9.17, 15) is 18.0 Å². The van der Waals surface area contributed by atoms with E-state index in [0.29, 0.717) is 33.6 Å². The van der Waals surface area contributed by atoms with Gasteiger partial charge in [0.25, 0.3) is 0 Å². The van der Waals surface area contributed by atoms with E-state index in [2.05, 4.69) is 29.0 Å². The van der Waals surface area contributed by atoms with Crippen LogP contribution in [0.1, 0.15) is 44.5 Å². The van der Waals surface area contributed by atoms with Crippen LogP contribution in [-0.2, 0) is 11.0 Å². The van der Waals surface area contributed by atoms with Crippen LogP contribution in [0.25, 0.3) is 11.3 Å². The summed E-state index contributed by atoms with van der Waals surface area (Å²) in [6, 6.07) is 11.7. The number of thioether (sulfide) groups is 1. The zero-order valence-corrected chi connectivity index (χ0v) is 19.7. The molecule has 0 saturated carbocycles. The van der Waals surface area contributed by atoms with Crippen LogP contribution in [0.3, 0.4) is 0 Å². The number of rotatable bonds is 5. The lowest BCUT2D eigenvalue weighted by molar-refractivity contribution is -0.137. The number of hydrogen-bond donors (Lipinski definition) is 0. The molecule has 1 aliphatic rings. The van der Waals surface area contributed by atoms with Crippen LogP contribution in [0.2, 0.25) is 0 Å². The number of alkyl halides is 3. The summed E-state index contributed by atoms with van der Waals surface area (Å²) in [5, 5.41) is 8.99. The number of carbonyl (C=O) groups excluding carboxylic acids is 1. The van der Waals surface area contributed by atoms with Crippen LogP contribution >= 0.6 is 11.8 Å². The van der Waals surface area contributed by atoms with Crippen LogP contribution in [-0.4, -0.2) is 26.8 Å². The molecule has 1 amide bonds. The molecular formula is C24H23F3N4O2S. The highest BCUT2D eigenvalue weighted by Gasteiger charge is 2.36. The summed E-state index contributed by atoms with van der Waals surface area (Å²) >= 11 is 1.43. The first-order chi connectivity index (χ1) is 16.2. The van der Waals surface area contributed by atoms with E-state index in [0.717, 1.165) is 17.9 Å². The Bertz CT molecular complexity index is 1190. The summed E-state index contributed by atoms with van der Waals surface area (Å²) in [6.07, 6.45) is -5.34. The first-order valence-corrected chi connectivity index (χ1v) is 11.8. The molecule has 2 heterocycles. The summed E-state index contributed by atoms with van der Waals surface area (Å²) in [7, 11) is 0. The van der Waals surface area contributed by atoms with Gasteiger partial charge in [-0.05, 0) is 24.1 Å². The van der Waals surface area contributed by atoms with Crippen LogP contribution < -0.4 is 9.64 Å². The Morgan fingerprint density at radius 1 is 1.12 bits per heavy atom. The Kier molecular flexibility index (Phi) is 6.79. The maximum atomic E-state index is 13.1. The van der Waals surface area contributed by atoms with Gasteiger partial charge in [-0.25, -0.2) is 0 Å². The Labute approximate surface area is 199 Å². The number of nitrogens with zero attached hydrogens (tertiary/aromatic N) is 4. The van der Waals surface area contributed by atoms with E-state index in [1.165, 1.54) is 28.8 Å².